The summed E-state index contributed by atoms with van der Waals surface area (Å²) in [7, 11) is 0. The predicted molar refractivity (Wildman–Crippen MR) is 109 cm³/mol. The number of halogens is 3. The minimum absolute atomic E-state index is 0.0197. The first kappa shape index (κ1) is 20.3. The van der Waals surface area contributed by atoms with Crippen LogP contribution >= 0.6 is 0 Å². The van der Waals surface area contributed by atoms with Crippen molar-refractivity contribution in [1.82, 2.24) is 4.98 Å². The van der Waals surface area contributed by atoms with Crippen LogP contribution in [0.2, 0.25) is 0 Å². The maximum atomic E-state index is 12.7. The van der Waals surface area contributed by atoms with Gasteiger partial charge in [0.05, 0.1) is 11.3 Å². The van der Waals surface area contributed by atoms with E-state index in [4.69, 9.17) is 4.74 Å². The van der Waals surface area contributed by atoms with E-state index in [1.54, 1.807) is 12.3 Å². The lowest BCUT2D eigenvalue weighted by Gasteiger charge is -2.41. The fourth-order valence-electron chi connectivity index (χ4n) is 3.94. The van der Waals surface area contributed by atoms with Crippen LogP contribution in [0.15, 0.2) is 48.7 Å². The number of hydrogen-bond donors (Lipinski definition) is 2. The van der Waals surface area contributed by atoms with Gasteiger partial charge in [-0.2, -0.15) is 13.2 Å². The molecular weight excluding hydrogens is 393 g/mol. The molecule has 2 N–H and O–H groups in total. The van der Waals surface area contributed by atoms with Gasteiger partial charge in [0.2, 0.25) is 5.91 Å². The Hall–Kier alpha value is -2.96. The van der Waals surface area contributed by atoms with Crippen LogP contribution in [-0.2, 0) is 17.6 Å². The van der Waals surface area contributed by atoms with Gasteiger partial charge in [0, 0.05) is 23.0 Å². The molecule has 1 aromatic heterocycles. The minimum atomic E-state index is -4.35. The molecule has 158 valence electrons. The number of nitrogens with one attached hydrogen (secondary N) is 2. The molecule has 1 aliphatic carbocycles. The molecule has 2 aromatic carbocycles. The summed E-state index contributed by atoms with van der Waals surface area (Å²) < 4.78 is 43.8. The van der Waals surface area contributed by atoms with Crippen molar-refractivity contribution in [2.24, 2.45) is 11.3 Å². The fourth-order valence-corrected chi connectivity index (χ4v) is 3.94. The standard InChI is InChI=1S/C23H23F3N2O2/c1-22(2)10-15(11-22)21(29)28-20-12-27-19-8-7-17(9-18(19)20)30-13-14-3-5-16(6-4-14)23(24,25)26/h3-9,12,15,27H,10-11,13H2,1-2H3,(H,28,29). The van der Waals surface area contributed by atoms with Crippen LogP contribution in [0.5, 0.6) is 5.75 Å². The zero-order valence-corrected chi connectivity index (χ0v) is 16.8. The lowest BCUT2D eigenvalue weighted by Crippen LogP contribution is -2.39. The Labute approximate surface area is 172 Å². The van der Waals surface area contributed by atoms with Gasteiger partial charge < -0.3 is 15.0 Å². The summed E-state index contributed by atoms with van der Waals surface area (Å²) in [5.74, 6) is 0.623. The molecule has 4 nitrogen and oxygen atoms in total. The van der Waals surface area contributed by atoms with Crippen molar-refractivity contribution in [3.63, 3.8) is 0 Å². The zero-order valence-electron chi connectivity index (χ0n) is 16.8. The number of anilines is 1. The second-order valence-corrected chi connectivity index (χ2v) is 8.65. The first-order chi connectivity index (χ1) is 14.1. The lowest BCUT2D eigenvalue weighted by molar-refractivity contribution is -0.137. The van der Waals surface area contributed by atoms with Crippen molar-refractivity contribution in [2.45, 2.75) is 39.5 Å². The number of fused-ring (bicyclic) bond motifs is 1. The number of hydrogen-bond acceptors (Lipinski definition) is 2. The average Bonchev–Trinajstić information content (AvgIpc) is 3.06. The van der Waals surface area contributed by atoms with Crippen LogP contribution in [0.1, 0.15) is 37.8 Å². The summed E-state index contributed by atoms with van der Waals surface area (Å²) in [5, 5.41) is 3.82. The molecule has 0 bridgehead atoms. The molecule has 4 rings (SSSR count). The number of alkyl halides is 3. The van der Waals surface area contributed by atoms with E-state index in [1.165, 1.54) is 12.1 Å². The number of carbonyl (C=O) groups is 1. The molecule has 0 radical (unpaired) electrons. The van der Waals surface area contributed by atoms with Crippen LogP contribution in [0.3, 0.4) is 0 Å². The van der Waals surface area contributed by atoms with Gasteiger partial charge in [-0.1, -0.05) is 26.0 Å². The van der Waals surface area contributed by atoms with Crippen LogP contribution in [0.4, 0.5) is 18.9 Å². The van der Waals surface area contributed by atoms with E-state index >= 15 is 0 Å². The topological polar surface area (TPSA) is 54.1 Å². The van der Waals surface area contributed by atoms with Gasteiger partial charge >= 0.3 is 6.18 Å². The highest BCUT2D eigenvalue weighted by Crippen LogP contribution is 2.45. The molecular formula is C23H23F3N2O2. The molecule has 1 aliphatic rings. The van der Waals surface area contributed by atoms with E-state index in [1.807, 2.05) is 12.1 Å². The third kappa shape index (κ3) is 4.30. The number of carbonyl (C=O) groups excluding carboxylic acids is 1. The number of benzene rings is 2. The highest BCUT2D eigenvalue weighted by molar-refractivity contribution is 6.03. The first-order valence-corrected chi connectivity index (χ1v) is 9.82. The van der Waals surface area contributed by atoms with E-state index in [-0.39, 0.29) is 23.8 Å². The Kier molecular flexibility index (Phi) is 5.00. The molecule has 0 atom stereocenters. The molecule has 3 aromatic rings. The van der Waals surface area contributed by atoms with Gasteiger partial charge in [0.15, 0.2) is 0 Å². The summed E-state index contributed by atoms with van der Waals surface area (Å²) in [6.07, 6.45) is -0.841. The van der Waals surface area contributed by atoms with E-state index in [0.717, 1.165) is 35.9 Å². The monoisotopic (exact) mass is 416 g/mol. The molecule has 1 heterocycles. The van der Waals surface area contributed by atoms with Gasteiger partial charge in [-0.15, -0.1) is 0 Å². The van der Waals surface area contributed by atoms with Gasteiger partial charge in [0.1, 0.15) is 12.4 Å². The van der Waals surface area contributed by atoms with Crippen molar-refractivity contribution in [3.05, 3.63) is 59.8 Å². The molecule has 0 unspecified atom stereocenters. The Morgan fingerprint density at radius 3 is 2.50 bits per heavy atom. The van der Waals surface area contributed by atoms with Crippen molar-refractivity contribution in [2.75, 3.05) is 5.32 Å². The van der Waals surface area contributed by atoms with Crippen molar-refractivity contribution in [1.29, 1.82) is 0 Å². The number of aromatic amines is 1. The second kappa shape index (κ2) is 7.38. The fraction of sp³-hybridized carbons (Fsp3) is 0.348. The van der Waals surface area contributed by atoms with Gasteiger partial charge in [0.25, 0.3) is 0 Å². The van der Waals surface area contributed by atoms with Crippen molar-refractivity contribution >= 4 is 22.5 Å². The molecule has 0 saturated heterocycles. The van der Waals surface area contributed by atoms with Crippen LogP contribution in [0.25, 0.3) is 10.9 Å². The predicted octanol–water partition coefficient (Wildman–Crippen LogP) is 6.14. The Morgan fingerprint density at radius 2 is 1.87 bits per heavy atom. The third-order valence-corrected chi connectivity index (χ3v) is 5.57. The summed E-state index contributed by atoms with van der Waals surface area (Å²) in [6.45, 7) is 4.46. The third-order valence-electron chi connectivity index (χ3n) is 5.57. The number of ether oxygens (including phenoxy) is 1. The highest BCUT2D eigenvalue weighted by atomic mass is 19.4. The van der Waals surface area contributed by atoms with Crippen LogP contribution in [-0.4, -0.2) is 10.9 Å². The molecule has 1 amide bonds. The van der Waals surface area contributed by atoms with E-state index in [2.05, 4.69) is 24.1 Å². The number of aromatic nitrogens is 1. The second-order valence-electron chi connectivity index (χ2n) is 8.65. The first-order valence-electron chi connectivity index (χ1n) is 9.82. The molecule has 0 aliphatic heterocycles. The van der Waals surface area contributed by atoms with E-state index in [9.17, 15) is 18.0 Å². The summed E-state index contributed by atoms with van der Waals surface area (Å²) >= 11 is 0. The molecule has 30 heavy (non-hydrogen) atoms. The van der Waals surface area contributed by atoms with Crippen LogP contribution in [0, 0.1) is 11.3 Å². The van der Waals surface area contributed by atoms with E-state index in [0.29, 0.717) is 17.0 Å². The highest BCUT2D eigenvalue weighted by Gasteiger charge is 2.40. The Morgan fingerprint density at radius 1 is 1.17 bits per heavy atom. The molecule has 1 saturated carbocycles. The summed E-state index contributed by atoms with van der Waals surface area (Å²) in [6, 6.07) is 10.3. The maximum Gasteiger partial charge on any atom is 0.416 e. The largest absolute Gasteiger partial charge is 0.489 e. The Balaban J connectivity index is 1.43. The SMILES string of the molecule is CC1(C)CC(C(=O)Nc2c[nH]c3ccc(OCc4ccc(C(F)(F)F)cc4)cc23)C1. The summed E-state index contributed by atoms with van der Waals surface area (Å²) in [4.78, 5) is 15.6. The normalized spacial score (nSPS) is 16.3. The van der Waals surface area contributed by atoms with Crippen molar-refractivity contribution < 1.29 is 22.7 Å². The molecule has 7 heteroatoms. The van der Waals surface area contributed by atoms with E-state index < -0.39 is 11.7 Å². The van der Waals surface area contributed by atoms with Gasteiger partial charge in [-0.25, -0.2) is 0 Å². The number of rotatable bonds is 5. The smallest absolute Gasteiger partial charge is 0.416 e. The van der Waals surface area contributed by atoms with Crippen LogP contribution < -0.4 is 10.1 Å². The Bertz CT molecular complexity index is 1060. The maximum absolute atomic E-state index is 12.7. The molecule has 0 spiro atoms. The average molecular weight is 416 g/mol. The molecule has 1 fully saturated rings. The number of H-pyrrole nitrogens is 1. The van der Waals surface area contributed by atoms with Crippen molar-refractivity contribution in [3.8, 4) is 5.75 Å². The number of amides is 1. The van der Waals surface area contributed by atoms with Gasteiger partial charge in [-0.3, -0.25) is 4.79 Å². The summed E-state index contributed by atoms with van der Waals surface area (Å²) in [5.41, 5.74) is 1.73. The lowest BCUT2D eigenvalue weighted by atomic mass is 9.64. The minimum Gasteiger partial charge on any atom is -0.489 e. The zero-order chi connectivity index (χ0) is 21.5. The van der Waals surface area contributed by atoms with Gasteiger partial charge in [-0.05, 0) is 54.2 Å². The quantitative estimate of drug-likeness (QED) is 0.525.